The Hall–Kier alpha value is -3.16. The van der Waals surface area contributed by atoms with E-state index in [9.17, 15) is 13.2 Å². The van der Waals surface area contributed by atoms with Crippen molar-refractivity contribution in [2.24, 2.45) is 5.73 Å². The fraction of sp³-hybridized carbons (Fsp3) is 0.208. The summed E-state index contributed by atoms with van der Waals surface area (Å²) < 4.78 is 28.7. The molecule has 0 spiro atoms. The number of likely N-dealkylation sites (tertiary alicyclic amines) is 1. The van der Waals surface area contributed by atoms with Gasteiger partial charge in [0.25, 0.3) is 10.0 Å². The smallest absolute Gasteiger partial charge is 0.261 e. The SMILES string of the molecule is NC(=O)[C@@H]1CCCN1Cc1ccccc1NS(=O)(=O)c1ccc(-c2ccccc2)cc1. The number of rotatable bonds is 7. The number of hydrogen-bond donors (Lipinski definition) is 2. The van der Waals surface area contributed by atoms with Crippen LogP contribution in [0, 0.1) is 0 Å². The third-order valence-electron chi connectivity index (χ3n) is 5.60. The highest BCUT2D eigenvalue weighted by atomic mass is 32.2. The Labute approximate surface area is 182 Å². The summed E-state index contributed by atoms with van der Waals surface area (Å²) >= 11 is 0. The van der Waals surface area contributed by atoms with Crippen molar-refractivity contribution in [3.8, 4) is 11.1 Å². The molecule has 1 amide bonds. The number of sulfonamides is 1. The van der Waals surface area contributed by atoms with E-state index in [1.54, 1.807) is 36.4 Å². The Balaban J connectivity index is 1.54. The number of nitrogens with two attached hydrogens (primary N) is 1. The van der Waals surface area contributed by atoms with Gasteiger partial charge in [-0.15, -0.1) is 0 Å². The normalized spacial score (nSPS) is 16.8. The highest BCUT2D eigenvalue weighted by Gasteiger charge is 2.29. The predicted molar refractivity (Wildman–Crippen MR) is 122 cm³/mol. The molecule has 1 aliphatic heterocycles. The number of carbonyl (C=O) groups is 1. The maximum atomic E-state index is 13.0. The number of para-hydroxylation sites is 1. The molecule has 0 saturated carbocycles. The third kappa shape index (κ3) is 4.78. The first-order valence-electron chi connectivity index (χ1n) is 10.2. The molecule has 0 radical (unpaired) electrons. The molecule has 0 aromatic heterocycles. The zero-order valence-electron chi connectivity index (χ0n) is 17.1. The van der Waals surface area contributed by atoms with E-state index >= 15 is 0 Å². The van der Waals surface area contributed by atoms with Crippen molar-refractivity contribution in [2.75, 3.05) is 11.3 Å². The van der Waals surface area contributed by atoms with Gasteiger partial charge in [0.2, 0.25) is 5.91 Å². The molecule has 1 aliphatic rings. The van der Waals surface area contributed by atoms with Crippen LogP contribution in [0.2, 0.25) is 0 Å². The van der Waals surface area contributed by atoms with E-state index in [1.807, 2.05) is 47.4 Å². The topological polar surface area (TPSA) is 92.5 Å². The Kier molecular flexibility index (Phi) is 6.06. The molecule has 3 aromatic rings. The zero-order chi connectivity index (χ0) is 21.8. The second-order valence-electron chi connectivity index (χ2n) is 7.68. The van der Waals surface area contributed by atoms with Crippen LogP contribution in [0.3, 0.4) is 0 Å². The number of nitrogens with one attached hydrogen (secondary N) is 1. The monoisotopic (exact) mass is 435 g/mol. The second-order valence-corrected chi connectivity index (χ2v) is 9.37. The van der Waals surface area contributed by atoms with E-state index in [-0.39, 0.29) is 16.8 Å². The number of amides is 1. The number of benzene rings is 3. The first-order valence-corrected chi connectivity index (χ1v) is 11.7. The van der Waals surface area contributed by atoms with Gasteiger partial charge >= 0.3 is 0 Å². The summed E-state index contributed by atoms with van der Waals surface area (Å²) in [5.41, 5.74) is 8.81. The molecular formula is C24H25N3O3S. The van der Waals surface area contributed by atoms with Crippen LogP contribution in [0.25, 0.3) is 11.1 Å². The maximum Gasteiger partial charge on any atom is 0.261 e. The molecule has 160 valence electrons. The molecule has 1 fully saturated rings. The highest BCUT2D eigenvalue weighted by Crippen LogP contribution is 2.26. The fourth-order valence-electron chi connectivity index (χ4n) is 3.97. The minimum absolute atomic E-state index is 0.193. The molecular weight excluding hydrogens is 410 g/mol. The largest absolute Gasteiger partial charge is 0.368 e. The fourth-order valence-corrected chi connectivity index (χ4v) is 5.08. The summed E-state index contributed by atoms with van der Waals surface area (Å²) in [4.78, 5) is 13.9. The molecule has 7 heteroatoms. The van der Waals surface area contributed by atoms with Crippen molar-refractivity contribution >= 4 is 21.6 Å². The molecule has 31 heavy (non-hydrogen) atoms. The Bertz CT molecular complexity index is 1160. The van der Waals surface area contributed by atoms with Gasteiger partial charge < -0.3 is 5.73 Å². The van der Waals surface area contributed by atoms with Gasteiger partial charge in [0.05, 0.1) is 16.6 Å². The van der Waals surface area contributed by atoms with Gasteiger partial charge in [0, 0.05) is 6.54 Å². The van der Waals surface area contributed by atoms with E-state index in [1.165, 1.54) is 0 Å². The van der Waals surface area contributed by atoms with Crippen molar-refractivity contribution < 1.29 is 13.2 Å². The minimum atomic E-state index is -3.76. The number of primary amides is 1. The van der Waals surface area contributed by atoms with Crippen LogP contribution in [0.1, 0.15) is 18.4 Å². The lowest BCUT2D eigenvalue weighted by Gasteiger charge is -2.23. The maximum absolute atomic E-state index is 13.0. The highest BCUT2D eigenvalue weighted by molar-refractivity contribution is 7.92. The van der Waals surface area contributed by atoms with Crippen LogP contribution >= 0.6 is 0 Å². The Morgan fingerprint density at radius 3 is 2.29 bits per heavy atom. The first kappa shape index (κ1) is 21.1. The molecule has 3 N–H and O–H groups in total. The molecule has 1 atom stereocenters. The van der Waals surface area contributed by atoms with Gasteiger partial charge in [-0.1, -0.05) is 60.7 Å². The van der Waals surface area contributed by atoms with Gasteiger partial charge in [-0.2, -0.15) is 0 Å². The quantitative estimate of drug-likeness (QED) is 0.593. The van der Waals surface area contributed by atoms with Gasteiger partial charge in [-0.25, -0.2) is 8.42 Å². The summed E-state index contributed by atoms with van der Waals surface area (Å²) in [6.45, 7) is 1.22. The van der Waals surface area contributed by atoms with Crippen molar-refractivity contribution in [3.63, 3.8) is 0 Å². The van der Waals surface area contributed by atoms with Crippen molar-refractivity contribution in [3.05, 3.63) is 84.4 Å². The summed E-state index contributed by atoms with van der Waals surface area (Å²) in [5, 5.41) is 0. The average molecular weight is 436 g/mol. The van der Waals surface area contributed by atoms with E-state index in [0.29, 0.717) is 12.2 Å². The van der Waals surface area contributed by atoms with Crippen LogP contribution in [-0.4, -0.2) is 31.8 Å². The lowest BCUT2D eigenvalue weighted by molar-refractivity contribution is -0.122. The first-order chi connectivity index (χ1) is 14.9. The van der Waals surface area contributed by atoms with E-state index in [0.717, 1.165) is 36.1 Å². The van der Waals surface area contributed by atoms with Crippen LogP contribution in [0.4, 0.5) is 5.69 Å². The van der Waals surface area contributed by atoms with E-state index in [2.05, 4.69) is 4.72 Å². The Morgan fingerprint density at radius 2 is 1.58 bits per heavy atom. The van der Waals surface area contributed by atoms with Crippen LogP contribution in [0.15, 0.2) is 83.8 Å². The second kappa shape index (κ2) is 8.91. The van der Waals surface area contributed by atoms with E-state index < -0.39 is 10.0 Å². The van der Waals surface area contributed by atoms with Crippen molar-refractivity contribution in [1.29, 1.82) is 0 Å². The molecule has 0 bridgehead atoms. The zero-order valence-corrected chi connectivity index (χ0v) is 17.9. The lowest BCUT2D eigenvalue weighted by Crippen LogP contribution is -2.39. The van der Waals surface area contributed by atoms with Crippen LogP contribution in [-0.2, 0) is 21.4 Å². The van der Waals surface area contributed by atoms with Gasteiger partial charge in [-0.05, 0) is 54.3 Å². The van der Waals surface area contributed by atoms with E-state index in [4.69, 9.17) is 5.73 Å². The minimum Gasteiger partial charge on any atom is -0.368 e. The van der Waals surface area contributed by atoms with Crippen LogP contribution < -0.4 is 10.5 Å². The summed E-state index contributed by atoms with van der Waals surface area (Å²) in [5.74, 6) is -0.339. The number of hydrogen-bond acceptors (Lipinski definition) is 4. The number of anilines is 1. The molecule has 0 unspecified atom stereocenters. The summed E-state index contributed by atoms with van der Waals surface area (Å²) in [6.07, 6.45) is 1.63. The van der Waals surface area contributed by atoms with Crippen molar-refractivity contribution in [1.82, 2.24) is 4.90 Å². The lowest BCUT2D eigenvalue weighted by atomic mass is 10.1. The average Bonchev–Trinajstić information content (AvgIpc) is 3.24. The molecule has 6 nitrogen and oxygen atoms in total. The third-order valence-corrected chi connectivity index (χ3v) is 6.98. The van der Waals surface area contributed by atoms with Crippen molar-refractivity contribution in [2.45, 2.75) is 30.3 Å². The predicted octanol–water partition coefficient (Wildman–Crippen LogP) is 3.60. The summed E-state index contributed by atoms with van der Waals surface area (Å²) in [7, 11) is -3.76. The Morgan fingerprint density at radius 1 is 0.935 bits per heavy atom. The van der Waals surface area contributed by atoms with Gasteiger partial charge in [0.15, 0.2) is 0 Å². The van der Waals surface area contributed by atoms with Crippen LogP contribution in [0.5, 0.6) is 0 Å². The molecule has 4 rings (SSSR count). The molecule has 0 aliphatic carbocycles. The van der Waals surface area contributed by atoms with Gasteiger partial charge in [-0.3, -0.25) is 14.4 Å². The standard InChI is InChI=1S/C24H25N3O3S/c25-24(28)23-11-6-16-27(23)17-20-9-4-5-10-22(20)26-31(29,30)21-14-12-19(13-15-21)18-7-2-1-3-8-18/h1-5,7-10,12-15,23,26H,6,11,16-17H2,(H2,25,28)/t23-/m0/s1. The molecule has 3 aromatic carbocycles. The number of nitrogens with zero attached hydrogens (tertiary/aromatic N) is 1. The summed E-state index contributed by atoms with van der Waals surface area (Å²) in [6, 6.07) is 23.6. The molecule has 1 saturated heterocycles. The number of carbonyl (C=O) groups excluding carboxylic acids is 1. The van der Waals surface area contributed by atoms with Gasteiger partial charge in [0.1, 0.15) is 0 Å². The molecule has 1 heterocycles.